The minimum atomic E-state index is -0.316. The van der Waals surface area contributed by atoms with Crippen LogP contribution < -0.4 is 5.32 Å². The van der Waals surface area contributed by atoms with Crippen LogP contribution in [0.4, 0.5) is 4.79 Å². The maximum Gasteiger partial charge on any atom is 0.407 e. The van der Waals surface area contributed by atoms with E-state index in [9.17, 15) is 4.79 Å². The van der Waals surface area contributed by atoms with Crippen LogP contribution >= 0.6 is 0 Å². The molecule has 2 rings (SSSR count). The molecule has 0 aliphatic carbocycles. The number of likely N-dealkylation sites (tertiary alicyclic amines) is 1. The maximum atomic E-state index is 12.0. The third-order valence-corrected chi connectivity index (χ3v) is 4.16. The first-order chi connectivity index (χ1) is 10.8. The molecule has 0 spiro atoms. The van der Waals surface area contributed by atoms with Gasteiger partial charge in [-0.3, -0.25) is 0 Å². The summed E-state index contributed by atoms with van der Waals surface area (Å²) in [4.78, 5) is 14.3. The van der Waals surface area contributed by atoms with E-state index in [4.69, 9.17) is 4.74 Å². The summed E-state index contributed by atoms with van der Waals surface area (Å²) in [5.74, 6) is 0.619. The van der Waals surface area contributed by atoms with E-state index in [1.54, 1.807) is 0 Å². The molecule has 4 heteroatoms. The van der Waals surface area contributed by atoms with Crippen LogP contribution in [0.2, 0.25) is 0 Å². The Hall–Kier alpha value is -1.55. The van der Waals surface area contributed by atoms with Gasteiger partial charge in [-0.05, 0) is 36.8 Å². The van der Waals surface area contributed by atoms with Crippen LogP contribution in [0.3, 0.4) is 0 Å². The predicted molar refractivity (Wildman–Crippen MR) is 93.2 cm³/mol. The quantitative estimate of drug-likeness (QED) is 0.921. The second kappa shape index (κ2) is 7.82. The van der Waals surface area contributed by atoms with Gasteiger partial charge in [-0.1, -0.05) is 51.1 Å². The Morgan fingerprint density at radius 1 is 1.26 bits per heavy atom. The fourth-order valence-electron chi connectivity index (χ4n) is 3.49. The van der Waals surface area contributed by atoms with Gasteiger partial charge in [0.05, 0.1) is 0 Å². The van der Waals surface area contributed by atoms with Gasteiger partial charge in [0.25, 0.3) is 0 Å². The van der Waals surface area contributed by atoms with Gasteiger partial charge in [-0.15, -0.1) is 0 Å². The van der Waals surface area contributed by atoms with Crippen LogP contribution in [0.15, 0.2) is 30.3 Å². The molecule has 1 fully saturated rings. The van der Waals surface area contributed by atoms with E-state index in [2.05, 4.69) is 38.0 Å². The molecular formula is C19H30N2O2. The number of nitrogens with zero attached hydrogens (tertiary/aromatic N) is 1. The van der Waals surface area contributed by atoms with Gasteiger partial charge in [0.15, 0.2) is 0 Å². The molecule has 1 aromatic carbocycles. The Morgan fingerprint density at radius 2 is 1.96 bits per heavy atom. The van der Waals surface area contributed by atoms with Gasteiger partial charge >= 0.3 is 6.09 Å². The summed E-state index contributed by atoms with van der Waals surface area (Å²) in [5, 5.41) is 3.03. The van der Waals surface area contributed by atoms with E-state index in [-0.39, 0.29) is 12.1 Å². The van der Waals surface area contributed by atoms with Crippen molar-refractivity contribution in [3.8, 4) is 0 Å². The lowest BCUT2D eigenvalue weighted by atomic mass is 9.80. The number of ether oxygens (including phenoxy) is 1. The monoisotopic (exact) mass is 318 g/mol. The van der Waals surface area contributed by atoms with Crippen molar-refractivity contribution in [1.82, 2.24) is 10.2 Å². The van der Waals surface area contributed by atoms with Gasteiger partial charge in [0.2, 0.25) is 0 Å². The molecule has 23 heavy (non-hydrogen) atoms. The smallest absolute Gasteiger partial charge is 0.407 e. The SMILES string of the molecule is CN1CC(CC(C)(C)C)CC(NC(=O)OCc2ccccc2)C1. The normalized spacial score (nSPS) is 22.6. The molecule has 0 aromatic heterocycles. The number of rotatable bonds is 4. The van der Waals surface area contributed by atoms with Crippen molar-refractivity contribution in [3.05, 3.63) is 35.9 Å². The largest absolute Gasteiger partial charge is 0.445 e. The fourth-order valence-corrected chi connectivity index (χ4v) is 3.49. The molecule has 1 saturated heterocycles. The highest BCUT2D eigenvalue weighted by molar-refractivity contribution is 5.67. The molecule has 0 saturated carbocycles. The average molecular weight is 318 g/mol. The zero-order valence-electron chi connectivity index (χ0n) is 14.8. The number of piperidine rings is 1. The highest BCUT2D eigenvalue weighted by Gasteiger charge is 2.29. The van der Waals surface area contributed by atoms with Crippen LogP contribution in [-0.2, 0) is 11.3 Å². The summed E-state index contributed by atoms with van der Waals surface area (Å²) in [5.41, 5.74) is 1.33. The van der Waals surface area contributed by atoms with Crippen LogP contribution in [0, 0.1) is 11.3 Å². The topological polar surface area (TPSA) is 41.6 Å². The van der Waals surface area contributed by atoms with Gasteiger partial charge in [-0.25, -0.2) is 4.79 Å². The summed E-state index contributed by atoms with van der Waals surface area (Å²) in [6.45, 7) is 9.14. The molecule has 2 unspecified atom stereocenters. The molecule has 4 nitrogen and oxygen atoms in total. The van der Waals surface area contributed by atoms with Crippen LogP contribution in [-0.4, -0.2) is 37.2 Å². The van der Waals surface area contributed by atoms with E-state index >= 15 is 0 Å². The fraction of sp³-hybridized carbons (Fsp3) is 0.632. The summed E-state index contributed by atoms with van der Waals surface area (Å²) >= 11 is 0. The zero-order valence-corrected chi connectivity index (χ0v) is 14.8. The Labute approximate surface area is 140 Å². The molecule has 1 heterocycles. The molecule has 1 amide bonds. The van der Waals surface area contributed by atoms with Crippen molar-refractivity contribution >= 4 is 6.09 Å². The first-order valence-electron chi connectivity index (χ1n) is 8.47. The summed E-state index contributed by atoms with van der Waals surface area (Å²) in [6, 6.07) is 9.94. The van der Waals surface area contributed by atoms with Crippen LogP contribution in [0.1, 0.15) is 39.2 Å². The molecule has 1 N–H and O–H groups in total. The number of likely N-dealkylation sites (N-methyl/N-ethyl adjacent to an activating group) is 1. The van der Waals surface area contributed by atoms with E-state index in [1.807, 2.05) is 30.3 Å². The Bertz CT molecular complexity index is 496. The van der Waals surface area contributed by atoms with Crippen molar-refractivity contribution in [2.45, 2.75) is 46.3 Å². The van der Waals surface area contributed by atoms with E-state index in [0.29, 0.717) is 17.9 Å². The lowest BCUT2D eigenvalue weighted by Crippen LogP contribution is -2.50. The number of carbonyl (C=O) groups excluding carboxylic acids is 1. The van der Waals surface area contributed by atoms with Crippen molar-refractivity contribution < 1.29 is 9.53 Å². The number of amides is 1. The molecule has 128 valence electrons. The lowest BCUT2D eigenvalue weighted by molar-refractivity contribution is 0.109. The van der Waals surface area contributed by atoms with Crippen molar-refractivity contribution in [3.63, 3.8) is 0 Å². The molecular weight excluding hydrogens is 288 g/mol. The Balaban J connectivity index is 1.80. The number of alkyl carbamates (subject to hydrolysis) is 1. The summed E-state index contributed by atoms with van der Waals surface area (Å²) in [6.07, 6.45) is 1.89. The van der Waals surface area contributed by atoms with Crippen molar-refractivity contribution in [2.24, 2.45) is 11.3 Å². The zero-order chi connectivity index (χ0) is 16.9. The highest BCUT2D eigenvalue weighted by Crippen LogP contribution is 2.29. The third kappa shape index (κ3) is 6.61. The van der Waals surface area contributed by atoms with E-state index in [0.717, 1.165) is 25.1 Å². The molecule has 1 aromatic rings. The first-order valence-corrected chi connectivity index (χ1v) is 8.47. The first kappa shape index (κ1) is 17.8. The van der Waals surface area contributed by atoms with Gasteiger partial charge in [-0.2, -0.15) is 0 Å². The lowest BCUT2D eigenvalue weighted by Gasteiger charge is -2.38. The minimum Gasteiger partial charge on any atom is -0.445 e. The molecule has 0 bridgehead atoms. The van der Waals surface area contributed by atoms with E-state index < -0.39 is 0 Å². The number of hydrogen-bond acceptors (Lipinski definition) is 3. The van der Waals surface area contributed by atoms with Gasteiger partial charge in [0, 0.05) is 19.1 Å². The van der Waals surface area contributed by atoms with Crippen molar-refractivity contribution in [2.75, 3.05) is 20.1 Å². The number of benzene rings is 1. The van der Waals surface area contributed by atoms with Gasteiger partial charge in [0.1, 0.15) is 6.61 Å². The van der Waals surface area contributed by atoms with Crippen molar-refractivity contribution in [1.29, 1.82) is 0 Å². The molecule has 1 aliphatic heterocycles. The summed E-state index contributed by atoms with van der Waals surface area (Å²) < 4.78 is 5.33. The Morgan fingerprint density at radius 3 is 2.61 bits per heavy atom. The molecule has 0 radical (unpaired) electrons. The van der Waals surface area contributed by atoms with E-state index in [1.165, 1.54) is 6.42 Å². The maximum absolute atomic E-state index is 12.0. The second-order valence-electron chi connectivity index (χ2n) is 7.99. The highest BCUT2D eigenvalue weighted by atomic mass is 16.5. The molecule has 1 aliphatic rings. The number of nitrogens with one attached hydrogen (secondary N) is 1. The summed E-state index contributed by atoms with van der Waals surface area (Å²) in [7, 11) is 2.12. The Kier molecular flexibility index (Phi) is 6.05. The average Bonchev–Trinajstić information content (AvgIpc) is 2.43. The van der Waals surface area contributed by atoms with Crippen LogP contribution in [0.25, 0.3) is 0 Å². The number of carbonyl (C=O) groups is 1. The van der Waals surface area contributed by atoms with Gasteiger partial charge < -0.3 is 15.0 Å². The standard InChI is InChI=1S/C19H30N2O2/c1-19(2,3)11-16-10-17(13-21(4)12-16)20-18(22)23-14-15-8-6-5-7-9-15/h5-9,16-17H,10-14H2,1-4H3,(H,20,22). The number of hydrogen-bond donors (Lipinski definition) is 1. The van der Waals surface area contributed by atoms with Crippen LogP contribution in [0.5, 0.6) is 0 Å². The minimum absolute atomic E-state index is 0.171. The molecule has 2 atom stereocenters. The predicted octanol–water partition coefficient (Wildman–Crippen LogP) is 3.67. The second-order valence-corrected chi connectivity index (χ2v) is 7.99. The third-order valence-electron chi connectivity index (χ3n) is 4.16.